The van der Waals surface area contributed by atoms with E-state index in [-0.39, 0.29) is 18.5 Å². The minimum Gasteiger partial charge on any atom is -0.406 e. The number of hydrogen-bond donors (Lipinski definition) is 2. The van der Waals surface area contributed by atoms with Crippen molar-refractivity contribution in [3.05, 3.63) is 35.2 Å². The van der Waals surface area contributed by atoms with Crippen molar-refractivity contribution < 1.29 is 22.0 Å². The highest BCUT2D eigenvalue weighted by molar-refractivity contribution is 5.54. The lowest BCUT2D eigenvalue weighted by Gasteiger charge is -2.06. The van der Waals surface area contributed by atoms with Gasteiger partial charge in [-0.05, 0) is 0 Å². The van der Waals surface area contributed by atoms with E-state index in [0.29, 0.717) is 0 Å². The lowest BCUT2D eigenvalue weighted by atomic mass is 10.2. The van der Waals surface area contributed by atoms with E-state index in [1.54, 1.807) is 0 Å². The molecule has 96 valence electrons. The fourth-order valence-electron chi connectivity index (χ4n) is 1.18. The number of benzene rings is 1. The molecular weight excluding hydrogens is 256 g/mol. The third-order valence-corrected chi connectivity index (χ3v) is 1.99. The molecule has 0 saturated carbocycles. The minimum absolute atomic E-state index is 0.00445. The van der Waals surface area contributed by atoms with Crippen LogP contribution in [0.15, 0.2) is 10.5 Å². The van der Waals surface area contributed by atoms with Gasteiger partial charge in [-0.1, -0.05) is 5.10 Å². The highest BCUT2D eigenvalue weighted by Gasteiger charge is 2.20. The predicted octanol–water partition coefficient (Wildman–Crippen LogP) is 1.83. The van der Waals surface area contributed by atoms with E-state index >= 15 is 0 Å². The Morgan fingerprint density at radius 2 is 1.72 bits per heavy atom. The van der Waals surface area contributed by atoms with E-state index in [2.05, 4.69) is 10.2 Å². The third-order valence-electron chi connectivity index (χ3n) is 1.99. The molecule has 18 heavy (non-hydrogen) atoms. The molecule has 0 fully saturated rings. The second-order valence-corrected chi connectivity index (χ2v) is 3.17. The molecule has 1 aromatic heterocycles. The van der Waals surface area contributed by atoms with Crippen LogP contribution in [-0.4, -0.2) is 10.2 Å². The lowest BCUT2D eigenvalue weighted by Crippen LogP contribution is -2.03. The molecule has 3 N–H and O–H groups in total. The van der Waals surface area contributed by atoms with Crippen LogP contribution >= 0.6 is 0 Å². The van der Waals surface area contributed by atoms with Crippen LogP contribution in [0.4, 0.5) is 29.3 Å². The maximum absolute atomic E-state index is 13.3. The molecule has 0 spiro atoms. The maximum Gasteiger partial charge on any atom is 0.320 e. The molecule has 9 heteroatoms. The zero-order valence-corrected chi connectivity index (χ0v) is 8.68. The van der Waals surface area contributed by atoms with Crippen molar-refractivity contribution in [3.63, 3.8) is 0 Å². The van der Waals surface area contributed by atoms with Gasteiger partial charge in [0.1, 0.15) is 5.69 Å². The van der Waals surface area contributed by atoms with E-state index in [0.717, 1.165) is 0 Å². The predicted molar refractivity (Wildman–Crippen MR) is 51.7 cm³/mol. The van der Waals surface area contributed by atoms with E-state index in [1.165, 1.54) is 0 Å². The SMILES string of the molecule is NCc1nnc(Nc2c(F)c(F)cc(F)c2F)o1. The molecule has 0 unspecified atom stereocenters. The topological polar surface area (TPSA) is 77.0 Å². The highest BCUT2D eigenvalue weighted by atomic mass is 19.2. The van der Waals surface area contributed by atoms with Crippen LogP contribution in [0.5, 0.6) is 0 Å². The van der Waals surface area contributed by atoms with Crippen molar-refractivity contribution in [2.45, 2.75) is 6.54 Å². The first-order valence-corrected chi connectivity index (χ1v) is 4.65. The number of aromatic nitrogens is 2. The molecule has 0 saturated heterocycles. The summed E-state index contributed by atoms with van der Waals surface area (Å²) in [7, 11) is 0. The highest BCUT2D eigenvalue weighted by Crippen LogP contribution is 2.26. The van der Waals surface area contributed by atoms with Gasteiger partial charge in [0, 0.05) is 6.07 Å². The zero-order valence-electron chi connectivity index (χ0n) is 8.68. The molecule has 0 bridgehead atoms. The van der Waals surface area contributed by atoms with Crippen molar-refractivity contribution in [1.29, 1.82) is 0 Å². The zero-order chi connectivity index (χ0) is 13.3. The summed E-state index contributed by atoms with van der Waals surface area (Å²) in [5, 5.41) is 8.69. The Kier molecular flexibility index (Phi) is 3.15. The number of halogens is 4. The first kappa shape index (κ1) is 12.3. The summed E-state index contributed by atoms with van der Waals surface area (Å²) in [5.41, 5.74) is 4.12. The van der Waals surface area contributed by atoms with Crippen LogP contribution in [-0.2, 0) is 6.54 Å². The molecule has 0 aliphatic carbocycles. The second kappa shape index (κ2) is 4.61. The molecule has 1 heterocycles. The Labute approximate surface area is 97.6 Å². The third kappa shape index (κ3) is 2.12. The normalized spacial score (nSPS) is 10.7. The van der Waals surface area contributed by atoms with Gasteiger partial charge in [0.15, 0.2) is 23.3 Å². The quantitative estimate of drug-likeness (QED) is 0.651. The van der Waals surface area contributed by atoms with Gasteiger partial charge in [0.25, 0.3) is 0 Å². The first-order valence-electron chi connectivity index (χ1n) is 4.65. The maximum atomic E-state index is 13.3. The Balaban J connectivity index is 2.39. The number of hydrogen-bond acceptors (Lipinski definition) is 5. The smallest absolute Gasteiger partial charge is 0.320 e. The molecule has 2 rings (SSSR count). The van der Waals surface area contributed by atoms with Gasteiger partial charge in [0.05, 0.1) is 6.54 Å². The molecule has 0 aliphatic heterocycles. The van der Waals surface area contributed by atoms with Gasteiger partial charge < -0.3 is 15.5 Å². The Bertz CT molecular complexity index is 560. The average Bonchev–Trinajstić information content (AvgIpc) is 2.80. The Hall–Kier alpha value is -2.16. The van der Waals surface area contributed by atoms with Crippen molar-refractivity contribution in [2.24, 2.45) is 5.73 Å². The molecule has 0 atom stereocenters. The summed E-state index contributed by atoms with van der Waals surface area (Å²) in [6.07, 6.45) is 0. The molecule has 5 nitrogen and oxygen atoms in total. The van der Waals surface area contributed by atoms with Crippen molar-refractivity contribution in [2.75, 3.05) is 5.32 Å². The number of nitrogens with zero attached hydrogens (tertiary/aromatic N) is 2. The lowest BCUT2D eigenvalue weighted by molar-refractivity contribution is 0.457. The van der Waals surface area contributed by atoms with Crippen LogP contribution < -0.4 is 11.1 Å². The van der Waals surface area contributed by atoms with E-state index in [4.69, 9.17) is 10.2 Å². The van der Waals surface area contributed by atoms with Gasteiger partial charge in [0.2, 0.25) is 5.89 Å². The molecule has 0 amide bonds. The van der Waals surface area contributed by atoms with Crippen molar-refractivity contribution in [3.8, 4) is 0 Å². The summed E-state index contributed by atoms with van der Waals surface area (Å²) < 4.78 is 57.1. The number of rotatable bonds is 3. The molecule has 0 aliphatic rings. The Morgan fingerprint density at radius 3 is 2.22 bits per heavy atom. The molecule has 1 aromatic carbocycles. The molecule has 2 aromatic rings. The van der Waals surface area contributed by atoms with Crippen LogP contribution in [0.3, 0.4) is 0 Å². The average molecular weight is 262 g/mol. The fraction of sp³-hybridized carbons (Fsp3) is 0.111. The van der Waals surface area contributed by atoms with Crippen LogP contribution in [0.25, 0.3) is 0 Å². The second-order valence-electron chi connectivity index (χ2n) is 3.17. The summed E-state index contributed by atoms with van der Waals surface area (Å²) in [6, 6.07) is -0.340. The monoisotopic (exact) mass is 262 g/mol. The summed E-state index contributed by atoms with van der Waals surface area (Å²) in [5.74, 6) is -6.29. The summed E-state index contributed by atoms with van der Waals surface area (Å²) >= 11 is 0. The number of anilines is 2. The number of nitrogens with one attached hydrogen (secondary N) is 1. The van der Waals surface area contributed by atoms with E-state index < -0.39 is 35.0 Å². The van der Waals surface area contributed by atoms with Crippen molar-refractivity contribution >= 4 is 11.7 Å². The Morgan fingerprint density at radius 1 is 1.11 bits per heavy atom. The molecular formula is C9H6F4N4O. The standard InChI is InChI=1S/C9H6F4N4O/c10-3-1-4(11)7(13)8(6(3)12)15-9-17-16-5(2-14)18-9/h1H,2,14H2,(H,15,17). The van der Waals surface area contributed by atoms with Crippen molar-refractivity contribution in [1.82, 2.24) is 10.2 Å². The van der Waals surface area contributed by atoms with Crippen LogP contribution in [0.1, 0.15) is 5.89 Å². The van der Waals surface area contributed by atoms with Gasteiger partial charge >= 0.3 is 6.01 Å². The van der Waals surface area contributed by atoms with E-state index in [9.17, 15) is 17.6 Å². The van der Waals surface area contributed by atoms with Crippen LogP contribution in [0.2, 0.25) is 0 Å². The fourth-order valence-corrected chi connectivity index (χ4v) is 1.18. The van der Waals surface area contributed by atoms with E-state index in [1.807, 2.05) is 5.32 Å². The van der Waals surface area contributed by atoms with Gasteiger partial charge in [-0.2, -0.15) is 0 Å². The van der Waals surface area contributed by atoms with Crippen LogP contribution in [0, 0.1) is 23.3 Å². The van der Waals surface area contributed by atoms with Gasteiger partial charge in [-0.3, -0.25) is 0 Å². The first-order chi connectivity index (χ1) is 8.52. The summed E-state index contributed by atoms with van der Waals surface area (Å²) in [6.45, 7) is -0.0862. The minimum atomic E-state index is -1.60. The largest absolute Gasteiger partial charge is 0.406 e. The molecule has 0 radical (unpaired) electrons. The number of nitrogens with two attached hydrogens (primary N) is 1. The van der Waals surface area contributed by atoms with Gasteiger partial charge in [-0.15, -0.1) is 5.10 Å². The van der Waals surface area contributed by atoms with Gasteiger partial charge in [-0.25, -0.2) is 17.6 Å². The summed E-state index contributed by atoms with van der Waals surface area (Å²) in [4.78, 5) is 0.